The minimum atomic E-state index is -0.575. The number of hydrogen-bond acceptors (Lipinski definition) is 7. The second-order valence-electron chi connectivity index (χ2n) is 11.4. The summed E-state index contributed by atoms with van der Waals surface area (Å²) in [6.45, 7) is 10.0. The first kappa shape index (κ1) is 28.1. The highest BCUT2D eigenvalue weighted by Crippen LogP contribution is 2.26. The van der Waals surface area contributed by atoms with E-state index in [-0.39, 0.29) is 35.6 Å². The Morgan fingerprint density at radius 3 is 2.33 bits per heavy atom. The number of fused-ring (bicyclic) bond motifs is 1. The molecule has 4 aromatic rings. The molecule has 0 radical (unpaired) electrons. The predicted octanol–water partition coefficient (Wildman–Crippen LogP) is 4.60. The maximum absolute atomic E-state index is 13.8. The van der Waals surface area contributed by atoms with Crippen LogP contribution < -0.4 is 21.5 Å². The van der Waals surface area contributed by atoms with Crippen LogP contribution in [0.2, 0.25) is 0 Å². The van der Waals surface area contributed by atoms with E-state index in [0.717, 1.165) is 0 Å². The number of carbonyl (C=O) groups is 1. The van der Waals surface area contributed by atoms with E-state index in [4.69, 9.17) is 10.5 Å². The zero-order chi connectivity index (χ0) is 29.1. The SMILES string of the molecule is CC(C)(C)C=C(C#N)C(=O)NCC(C)(C)Cn1c(=O)n(-c2ccc(Oc3ccccc3)cc2)c2c(N)ncnc21. The van der Waals surface area contributed by atoms with Crippen molar-refractivity contribution in [2.45, 2.75) is 41.2 Å². The lowest BCUT2D eigenvalue weighted by Crippen LogP contribution is -2.39. The molecule has 0 saturated heterocycles. The van der Waals surface area contributed by atoms with Gasteiger partial charge in [-0.25, -0.2) is 14.8 Å². The van der Waals surface area contributed by atoms with Gasteiger partial charge < -0.3 is 15.8 Å². The van der Waals surface area contributed by atoms with E-state index >= 15 is 0 Å². The molecule has 206 valence electrons. The third-order valence-corrected chi connectivity index (χ3v) is 6.06. The number of rotatable bonds is 8. The van der Waals surface area contributed by atoms with Gasteiger partial charge in [0.05, 0.1) is 5.69 Å². The van der Waals surface area contributed by atoms with Crippen molar-refractivity contribution in [3.63, 3.8) is 0 Å². The number of nitrogens with one attached hydrogen (secondary N) is 1. The van der Waals surface area contributed by atoms with Gasteiger partial charge in [0.15, 0.2) is 11.5 Å². The van der Waals surface area contributed by atoms with E-state index in [1.165, 1.54) is 15.5 Å². The monoisotopic (exact) mass is 539 g/mol. The van der Waals surface area contributed by atoms with E-state index in [0.29, 0.717) is 28.4 Å². The summed E-state index contributed by atoms with van der Waals surface area (Å²) in [4.78, 5) is 34.9. The first-order chi connectivity index (χ1) is 18.9. The number of nitriles is 1. The van der Waals surface area contributed by atoms with E-state index in [9.17, 15) is 14.9 Å². The van der Waals surface area contributed by atoms with E-state index in [1.54, 1.807) is 30.3 Å². The quantitative estimate of drug-likeness (QED) is 0.246. The molecule has 3 N–H and O–H groups in total. The average molecular weight is 540 g/mol. The molecule has 10 nitrogen and oxygen atoms in total. The predicted molar refractivity (Wildman–Crippen MR) is 154 cm³/mol. The molecule has 0 atom stereocenters. The molecule has 0 aliphatic heterocycles. The third-order valence-electron chi connectivity index (χ3n) is 6.06. The second-order valence-corrected chi connectivity index (χ2v) is 11.4. The number of aromatic nitrogens is 4. The average Bonchev–Trinajstić information content (AvgIpc) is 3.18. The van der Waals surface area contributed by atoms with Crippen molar-refractivity contribution in [1.82, 2.24) is 24.4 Å². The van der Waals surface area contributed by atoms with Gasteiger partial charge in [-0.2, -0.15) is 5.26 Å². The van der Waals surface area contributed by atoms with Gasteiger partial charge in [-0.3, -0.25) is 13.9 Å². The summed E-state index contributed by atoms with van der Waals surface area (Å²) in [5, 5.41) is 12.3. The van der Waals surface area contributed by atoms with Gasteiger partial charge in [-0.15, -0.1) is 0 Å². The highest BCUT2D eigenvalue weighted by Gasteiger charge is 2.26. The van der Waals surface area contributed by atoms with Crippen LogP contribution in [0.4, 0.5) is 5.82 Å². The molecular weight excluding hydrogens is 506 g/mol. The van der Waals surface area contributed by atoms with Crippen LogP contribution in [0, 0.1) is 22.2 Å². The smallest absolute Gasteiger partial charge is 0.335 e. The van der Waals surface area contributed by atoms with Gasteiger partial charge in [0.2, 0.25) is 0 Å². The number of nitrogens with zero attached hydrogens (tertiary/aromatic N) is 5. The molecule has 0 spiro atoms. The lowest BCUT2D eigenvalue weighted by molar-refractivity contribution is -0.117. The Kier molecular flexibility index (Phi) is 7.77. The summed E-state index contributed by atoms with van der Waals surface area (Å²) in [6.07, 6.45) is 2.96. The fraction of sp³-hybridized carbons (Fsp3) is 0.300. The van der Waals surface area contributed by atoms with E-state index in [1.807, 2.05) is 71.0 Å². The maximum Gasteiger partial charge on any atom is 0.335 e. The summed E-state index contributed by atoms with van der Waals surface area (Å²) in [5.74, 6) is 1.03. The Morgan fingerprint density at radius 1 is 1.05 bits per heavy atom. The number of nitrogen functional groups attached to an aromatic ring is 1. The van der Waals surface area contributed by atoms with Crippen molar-refractivity contribution >= 4 is 22.9 Å². The van der Waals surface area contributed by atoms with Crippen molar-refractivity contribution in [2.75, 3.05) is 12.3 Å². The largest absolute Gasteiger partial charge is 0.457 e. The molecular formula is C30H33N7O3. The lowest BCUT2D eigenvalue weighted by Gasteiger charge is -2.25. The summed E-state index contributed by atoms with van der Waals surface area (Å²) in [5.41, 5.74) is 6.39. The third kappa shape index (κ3) is 6.38. The molecule has 10 heteroatoms. The van der Waals surface area contributed by atoms with E-state index < -0.39 is 11.3 Å². The van der Waals surface area contributed by atoms with Crippen molar-refractivity contribution in [1.29, 1.82) is 5.26 Å². The second kappa shape index (κ2) is 11.1. The van der Waals surface area contributed by atoms with Crippen molar-refractivity contribution in [3.8, 4) is 23.3 Å². The molecule has 0 aliphatic carbocycles. The molecule has 2 heterocycles. The number of imidazole rings is 1. The van der Waals surface area contributed by atoms with Crippen LogP contribution in [0.1, 0.15) is 34.6 Å². The number of carbonyl (C=O) groups excluding carboxylic acids is 1. The lowest BCUT2D eigenvalue weighted by atomic mass is 9.92. The van der Waals surface area contributed by atoms with Gasteiger partial charge >= 0.3 is 5.69 Å². The normalized spacial score (nSPS) is 12.2. The zero-order valence-corrected chi connectivity index (χ0v) is 23.3. The summed E-state index contributed by atoms with van der Waals surface area (Å²) >= 11 is 0. The number of benzene rings is 2. The molecule has 0 bridgehead atoms. The van der Waals surface area contributed by atoms with Gasteiger partial charge in [-0.1, -0.05) is 58.9 Å². The number of hydrogen-bond donors (Lipinski definition) is 2. The van der Waals surface area contributed by atoms with E-state index in [2.05, 4.69) is 15.3 Å². The summed E-state index contributed by atoms with van der Waals surface area (Å²) < 4.78 is 8.89. The van der Waals surface area contributed by atoms with Crippen LogP contribution in [0.3, 0.4) is 0 Å². The van der Waals surface area contributed by atoms with Gasteiger partial charge in [0.1, 0.15) is 35.0 Å². The summed E-state index contributed by atoms with van der Waals surface area (Å²) in [6, 6.07) is 18.5. The Hall–Kier alpha value is -4.91. The van der Waals surface area contributed by atoms with Crippen LogP contribution in [0.15, 0.2) is 77.4 Å². The summed E-state index contributed by atoms with van der Waals surface area (Å²) in [7, 11) is 0. The molecule has 4 rings (SSSR count). The number of para-hydroxylation sites is 1. The Morgan fingerprint density at radius 2 is 1.70 bits per heavy atom. The zero-order valence-electron chi connectivity index (χ0n) is 23.3. The highest BCUT2D eigenvalue weighted by atomic mass is 16.5. The number of nitrogens with two attached hydrogens (primary N) is 1. The molecule has 0 aliphatic rings. The molecule has 2 aromatic heterocycles. The van der Waals surface area contributed by atoms with Gasteiger partial charge in [0.25, 0.3) is 5.91 Å². The number of ether oxygens (including phenoxy) is 1. The van der Waals surface area contributed by atoms with Crippen LogP contribution in [0.25, 0.3) is 16.9 Å². The van der Waals surface area contributed by atoms with Crippen LogP contribution in [-0.2, 0) is 11.3 Å². The number of allylic oxidation sites excluding steroid dienone is 1. The molecule has 2 aromatic carbocycles. The minimum Gasteiger partial charge on any atom is -0.457 e. The van der Waals surface area contributed by atoms with Crippen LogP contribution in [0.5, 0.6) is 11.5 Å². The fourth-order valence-corrected chi connectivity index (χ4v) is 4.25. The maximum atomic E-state index is 13.8. The molecule has 40 heavy (non-hydrogen) atoms. The minimum absolute atomic E-state index is 0.0530. The Labute approximate surface area is 232 Å². The standard InChI is InChI=1S/C30H33N7O3/c1-29(2,3)15-20(16-31)27(38)33-17-30(4,5)18-36-26-24(25(32)34-19-35-26)37(28(36)39)21-11-13-23(14-12-21)40-22-9-7-6-8-10-22/h6-15,19H,17-18H2,1-5H3,(H,33,38)(H2,32,34,35). The fourth-order valence-electron chi connectivity index (χ4n) is 4.25. The van der Waals surface area contributed by atoms with Crippen molar-refractivity contribution < 1.29 is 9.53 Å². The van der Waals surface area contributed by atoms with Gasteiger partial charge in [0, 0.05) is 18.5 Å². The topological polar surface area (TPSA) is 141 Å². The Balaban J connectivity index is 1.63. The van der Waals surface area contributed by atoms with Gasteiger partial charge in [-0.05, 0) is 41.8 Å². The Bertz CT molecular complexity index is 1650. The molecule has 0 fully saturated rings. The molecule has 0 saturated carbocycles. The number of anilines is 1. The molecule has 0 unspecified atom stereocenters. The van der Waals surface area contributed by atoms with Crippen LogP contribution in [-0.4, -0.2) is 31.6 Å². The molecule has 1 amide bonds. The van der Waals surface area contributed by atoms with Crippen molar-refractivity contribution in [3.05, 3.63) is 83.1 Å². The first-order valence-corrected chi connectivity index (χ1v) is 12.8. The highest BCUT2D eigenvalue weighted by molar-refractivity contribution is 5.97. The first-order valence-electron chi connectivity index (χ1n) is 12.8. The van der Waals surface area contributed by atoms with Crippen LogP contribution >= 0.6 is 0 Å². The number of amides is 1. The van der Waals surface area contributed by atoms with Crippen molar-refractivity contribution in [2.24, 2.45) is 10.8 Å².